The Morgan fingerprint density at radius 3 is 2.34 bits per heavy atom. The van der Waals surface area contributed by atoms with Gasteiger partial charge in [0.1, 0.15) is 10.5 Å². The van der Waals surface area contributed by atoms with Gasteiger partial charge in [-0.2, -0.15) is 0 Å². The van der Waals surface area contributed by atoms with Gasteiger partial charge in [-0.05, 0) is 37.4 Å². The van der Waals surface area contributed by atoms with Gasteiger partial charge in [0, 0.05) is 29.8 Å². The van der Waals surface area contributed by atoms with E-state index in [-0.39, 0.29) is 11.3 Å². The van der Waals surface area contributed by atoms with Crippen LogP contribution >= 0.6 is 11.3 Å². The van der Waals surface area contributed by atoms with E-state index < -0.39 is 0 Å². The molecule has 6 heteroatoms. The molecule has 2 aromatic heterocycles. The van der Waals surface area contributed by atoms with Crippen LogP contribution in [0.2, 0.25) is 0 Å². The molecule has 1 saturated heterocycles. The smallest absolute Gasteiger partial charge is 0.271 e. The van der Waals surface area contributed by atoms with Crippen LogP contribution in [0, 0.1) is 0 Å². The highest BCUT2D eigenvalue weighted by Gasteiger charge is 2.17. The molecule has 0 unspecified atom stereocenters. The van der Waals surface area contributed by atoms with Crippen LogP contribution in [0.15, 0.2) is 70.8 Å². The molecule has 2 aromatic carbocycles. The lowest BCUT2D eigenvalue weighted by Gasteiger charge is -2.27. The van der Waals surface area contributed by atoms with Gasteiger partial charge >= 0.3 is 0 Å². The van der Waals surface area contributed by atoms with Crippen LogP contribution in [0.3, 0.4) is 0 Å². The highest BCUT2D eigenvalue weighted by molar-refractivity contribution is 7.17. The van der Waals surface area contributed by atoms with E-state index in [0.717, 1.165) is 30.7 Å². The van der Waals surface area contributed by atoms with E-state index in [1.165, 1.54) is 30.6 Å². The second-order valence-electron chi connectivity index (χ2n) is 8.20. The van der Waals surface area contributed by atoms with Gasteiger partial charge in [-0.3, -0.25) is 14.2 Å². The number of hydrogen-bond acceptors (Lipinski definition) is 5. The number of hydrogen-bond donors (Lipinski definition) is 0. The molecule has 0 saturated carbocycles. The second-order valence-corrected chi connectivity index (χ2v) is 9.12. The summed E-state index contributed by atoms with van der Waals surface area (Å²) < 4.78 is 2.50. The molecule has 1 fully saturated rings. The van der Waals surface area contributed by atoms with E-state index in [9.17, 15) is 9.59 Å². The Morgan fingerprint density at radius 2 is 1.59 bits per heavy atom. The Kier molecular flexibility index (Phi) is 5.97. The maximum absolute atomic E-state index is 13.3. The van der Waals surface area contributed by atoms with Crippen LogP contribution in [-0.4, -0.2) is 39.9 Å². The van der Waals surface area contributed by atoms with Gasteiger partial charge in [0.05, 0.1) is 5.52 Å². The lowest BCUT2D eigenvalue weighted by atomic mass is 10.0. The number of benzene rings is 2. The fourth-order valence-corrected chi connectivity index (χ4v) is 5.10. The molecule has 32 heavy (non-hydrogen) atoms. The summed E-state index contributed by atoms with van der Waals surface area (Å²) >= 11 is 1.44. The second kappa shape index (κ2) is 9.18. The maximum Gasteiger partial charge on any atom is 0.271 e. The third-order valence-electron chi connectivity index (χ3n) is 6.10. The van der Waals surface area contributed by atoms with Gasteiger partial charge in [0.25, 0.3) is 5.56 Å². The zero-order valence-corrected chi connectivity index (χ0v) is 18.7. The highest BCUT2D eigenvalue weighted by atomic mass is 32.1. The number of fused-ring (bicyclic) bond motifs is 1. The monoisotopic (exact) mass is 443 g/mol. The van der Waals surface area contributed by atoms with Crippen molar-refractivity contribution in [3.63, 3.8) is 0 Å². The highest BCUT2D eigenvalue weighted by Crippen LogP contribution is 2.23. The number of piperidine rings is 1. The minimum atomic E-state index is -0.0131. The quantitative estimate of drug-likeness (QED) is 0.400. The molecule has 162 valence electrons. The van der Waals surface area contributed by atoms with Gasteiger partial charge in [-0.1, -0.05) is 61.0 Å². The molecule has 0 amide bonds. The van der Waals surface area contributed by atoms with Crippen molar-refractivity contribution in [2.24, 2.45) is 0 Å². The zero-order valence-electron chi connectivity index (χ0n) is 17.9. The molecule has 0 N–H and O–H groups in total. The Labute approximate surface area is 191 Å². The third kappa shape index (κ3) is 4.16. The first-order chi connectivity index (χ1) is 15.7. The van der Waals surface area contributed by atoms with Crippen LogP contribution < -0.4 is 5.56 Å². The topological polar surface area (TPSA) is 55.2 Å². The van der Waals surface area contributed by atoms with E-state index in [1.807, 2.05) is 70.6 Å². The van der Waals surface area contributed by atoms with E-state index >= 15 is 0 Å². The molecule has 0 radical (unpaired) electrons. The van der Waals surface area contributed by atoms with Gasteiger partial charge < -0.3 is 4.90 Å². The number of rotatable bonds is 6. The zero-order chi connectivity index (χ0) is 21.9. The van der Waals surface area contributed by atoms with Crippen molar-refractivity contribution in [3.05, 3.63) is 87.5 Å². The fourth-order valence-electron chi connectivity index (χ4n) is 4.32. The van der Waals surface area contributed by atoms with E-state index in [0.29, 0.717) is 28.2 Å². The van der Waals surface area contributed by atoms with Gasteiger partial charge in [0.2, 0.25) is 0 Å². The first-order valence-electron chi connectivity index (χ1n) is 11.1. The molecule has 1 aliphatic heterocycles. The number of thiophene rings is 1. The number of ketones is 1. The van der Waals surface area contributed by atoms with E-state index in [1.54, 1.807) is 0 Å². The van der Waals surface area contributed by atoms with Gasteiger partial charge in [0.15, 0.2) is 5.78 Å². The number of nitrogens with zero attached hydrogens (tertiary/aromatic N) is 3. The molecule has 0 aliphatic carbocycles. The van der Waals surface area contributed by atoms with Crippen LogP contribution in [0.4, 0.5) is 0 Å². The van der Waals surface area contributed by atoms with Crippen molar-refractivity contribution >= 4 is 27.3 Å². The van der Waals surface area contributed by atoms with Crippen LogP contribution in [0.1, 0.15) is 35.2 Å². The molecule has 0 bridgehead atoms. The minimum Gasteiger partial charge on any atom is -0.302 e. The number of aromatic nitrogens is 2. The molecule has 4 aromatic rings. The summed E-state index contributed by atoms with van der Waals surface area (Å²) in [6.07, 6.45) is 3.74. The van der Waals surface area contributed by atoms with Crippen LogP contribution in [-0.2, 0) is 6.54 Å². The summed E-state index contributed by atoms with van der Waals surface area (Å²) in [6, 6.07) is 18.6. The van der Waals surface area contributed by atoms with Gasteiger partial charge in [-0.15, -0.1) is 11.3 Å². The van der Waals surface area contributed by atoms with Crippen molar-refractivity contribution in [1.82, 2.24) is 14.5 Å². The lowest BCUT2D eigenvalue weighted by molar-refractivity contribution is 0.103. The van der Waals surface area contributed by atoms with Gasteiger partial charge in [-0.25, -0.2) is 4.98 Å². The number of carbonyl (C=O) groups excluding carboxylic acids is 1. The average molecular weight is 444 g/mol. The van der Waals surface area contributed by atoms with Crippen molar-refractivity contribution in [2.75, 3.05) is 19.6 Å². The average Bonchev–Trinajstić information content (AvgIpc) is 3.33. The van der Waals surface area contributed by atoms with Crippen LogP contribution in [0.5, 0.6) is 0 Å². The van der Waals surface area contributed by atoms with Crippen molar-refractivity contribution < 1.29 is 4.79 Å². The first-order valence-corrected chi connectivity index (χ1v) is 12.0. The van der Waals surface area contributed by atoms with Crippen molar-refractivity contribution in [2.45, 2.75) is 25.8 Å². The summed E-state index contributed by atoms with van der Waals surface area (Å²) in [4.78, 5) is 33.3. The molecule has 1 aliphatic rings. The predicted molar refractivity (Wildman–Crippen MR) is 129 cm³/mol. The van der Waals surface area contributed by atoms with E-state index in [4.69, 9.17) is 4.98 Å². The molecule has 5 rings (SSSR count). The van der Waals surface area contributed by atoms with Crippen molar-refractivity contribution in [3.8, 4) is 11.4 Å². The third-order valence-corrected chi connectivity index (χ3v) is 6.99. The Balaban J connectivity index is 1.48. The molecule has 0 spiro atoms. The summed E-state index contributed by atoms with van der Waals surface area (Å²) in [5, 5.41) is 1.92. The summed E-state index contributed by atoms with van der Waals surface area (Å²) in [7, 11) is 0. The Hall–Kier alpha value is -3.09. The molecule has 0 atom stereocenters. The number of carbonyl (C=O) groups is 1. The predicted octanol–water partition coefficient (Wildman–Crippen LogP) is 4.84. The molecular formula is C26H25N3O2S. The largest absolute Gasteiger partial charge is 0.302 e. The number of likely N-dealkylation sites (tertiary alicyclic amines) is 1. The summed E-state index contributed by atoms with van der Waals surface area (Å²) in [5.41, 5.74) is 2.88. The fraction of sp³-hybridized carbons (Fsp3) is 0.269. The molecular weight excluding hydrogens is 418 g/mol. The Bertz CT molecular complexity index is 1290. The van der Waals surface area contributed by atoms with Crippen molar-refractivity contribution in [1.29, 1.82) is 0 Å². The standard InChI is InChI=1S/C26H25N3O2S/c30-23(19-7-3-1-4-8-19)20-9-11-21(12-10-20)25-27-22-13-18-32-24(22)26(31)29(25)17-16-28-14-5-2-6-15-28/h1,3-4,7-13,18H,2,5-6,14-17H2. The van der Waals surface area contributed by atoms with E-state index in [2.05, 4.69) is 4.90 Å². The Morgan fingerprint density at radius 1 is 0.875 bits per heavy atom. The first kappa shape index (κ1) is 20.8. The molecule has 5 nitrogen and oxygen atoms in total. The SMILES string of the molecule is O=C(c1ccccc1)c1ccc(-c2nc3ccsc3c(=O)n2CCN2CCCCC2)cc1. The summed E-state index contributed by atoms with van der Waals surface area (Å²) in [5.74, 6) is 0.650. The normalized spacial score (nSPS) is 14.6. The minimum absolute atomic E-state index is 0.0131. The lowest BCUT2D eigenvalue weighted by Crippen LogP contribution is -2.35. The molecule has 3 heterocycles. The maximum atomic E-state index is 13.3. The summed E-state index contributed by atoms with van der Waals surface area (Å²) in [6.45, 7) is 3.64. The van der Waals surface area contributed by atoms with Crippen LogP contribution in [0.25, 0.3) is 21.6 Å².